The second-order valence-corrected chi connectivity index (χ2v) is 15.7. The Morgan fingerprint density at radius 2 is 1.53 bits per heavy atom. The molecule has 4 nitrogen and oxygen atoms in total. The maximum absolute atomic E-state index is 6.67. The molecule has 6 rings (SSSR count). The number of nitrogens with one attached hydrogen (secondary N) is 1. The van der Waals surface area contributed by atoms with E-state index >= 15 is 0 Å². The van der Waals surface area contributed by atoms with Gasteiger partial charge in [0.1, 0.15) is 0 Å². The largest absolute Gasteiger partial charge is 0.397 e. The molecular formula is C44H53BrN4. The van der Waals surface area contributed by atoms with Crippen LogP contribution in [0, 0.1) is 0 Å². The standard InChI is InChI=1S/C44H53BrN4/c1-7-28-48-38-18-11-9-16-35(38)43(3,4)40(48)26-22-32-14-13-15-33(42(32)47-30-37(46)31-20-24-34(45)25-21-31)23-27-41-44(5,6)36-17-10-12-19-39(36)49(41)29-8-2/h9-12,16-27,30,40,47H,7-8,13-15,28-29,46H2,1-6H3/b26-22+,33-23+,37-30-,41-27+. The maximum atomic E-state index is 6.67. The summed E-state index contributed by atoms with van der Waals surface area (Å²) in [5, 5.41) is 3.74. The molecule has 1 aliphatic carbocycles. The molecule has 0 spiro atoms. The molecule has 5 heteroatoms. The fourth-order valence-electron chi connectivity index (χ4n) is 8.12. The first kappa shape index (κ1) is 34.9. The summed E-state index contributed by atoms with van der Waals surface area (Å²) in [5.41, 5.74) is 19.0. The summed E-state index contributed by atoms with van der Waals surface area (Å²) in [5.74, 6) is 0. The van der Waals surface area contributed by atoms with E-state index in [0.29, 0.717) is 0 Å². The van der Waals surface area contributed by atoms with E-state index in [4.69, 9.17) is 5.73 Å². The molecule has 0 saturated carbocycles. The third kappa shape index (κ3) is 6.79. The van der Waals surface area contributed by atoms with E-state index in [1.807, 2.05) is 18.3 Å². The summed E-state index contributed by atoms with van der Waals surface area (Å²) in [4.78, 5) is 5.14. The highest BCUT2D eigenvalue weighted by molar-refractivity contribution is 9.10. The van der Waals surface area contributed by atoms with E-state index < -0.39 is 0 Å². The third-order valence-corrected chi connectivity index (χ3v) is 11.2. The van der Waals surface area contributed by atoms with Gasteiger partial charge in [0.2, 0.25) is 0 Å². The summed E-state index contributed by atoms with van der Waals surface area (Å²) in [7, 11) is 0. The summed E-state index contributed by atoms with van der Waals surface area (Å²) in [6, 6.07) is 26.3. The van der Waals surface area contributed by atoms with E-state index in [1.165, 1.54) is 45.0 Å². The number of allylic oxidation sites excluding steroid dienone is 6. The van der Waals surface area contributed by atoms with Crippen molar-refractivity contribution in [1.82, 2.24) is 5.32 Å². The Hall–Kier alpha value is -3.96. The Balaban J connectivity index is 1.41. The minimum atomic E-state index is -0.0742. The van der Waals surface area contributed by atoms with Crippen LogP contribution in [0.2, 0.25) is 0 Å². The Labute approximate surface area is 303 Å². The lowest BCUT2D eigenvalue weighted by Crippen LogP contribution is -2.40. The molecule has 2 heterocycles. The van der Waals surface area contributed by atoms with E-state index in [0.717, 1.165) is 60.9 Å². The van der Waals surface area contributed by atoms with Gasteiger partial charge < -0.3 is 20.9 Å². The van der Waals surface area contributed by atoms with Gasteiger partial charge in [0.25, 0.3) is 0 Å². The van der Waals surface area contributed by atoms with Gasteiger partial charge in [-0.2, -0.15) is 0 Å². The number of halogens is 1. The van der Waals surface area contributed by atoms with Gasteiger partial charge in [0, 0.05) is 57.4 Å². The van der Waals surface area contributed by atoms with Gasteiger partial charge in [-0.3, -0.25) is 0 Å². The highest BCUT2D eigenvalue weighted by Gasteiger charge is 2.43. The molecule has 49 heavy (non-hydrogen) atoms. The number of nitrogens with zero attached hydrogens (tertiary/aromatic N) is 2. The first-order chi connectivity index (χ1) is 23.6. The number of nitrogens with two attached hydrogens (primary N) is 1. The van der Waals surface area contributed by atoms with Crippen LogP contribution < -0.4 is 20.9 Å². The quantitative estimate of drug-likeness (QED) is 0.219. The van der Waals surface area contributed by atoms with Crippen LogP contribution in [0.1, 0.15) is 90.3 Å². The molecule has 256 valence electrons. The molecule has 1 unspecified atom stereocenters. The molecule has 0 radical (unpaired) electrons. The summed E-state index contributed by atoms with van der Waals surface area (Å²) in [6.45, 7) is 16.1. The zero-order chi connectivity index (χ0) is 34.8. The van der Waals surface area contributed by atoms with Crippen molar-refractivity contribution in [2.45, 2.75) is 90.5 Å². The molecule has 0 fully saturated rings. The number of benzene rings is 3. The fourth-order valence-corrected chi connectivity index (χ4v) is 8.39. The van der Waals surface area contributed by atoms with Crippen molar-refractivity contribution >= 4 is 33.0 Å². The Bertz CT molecular complexity index is 1820. The first-order valence-corrected chi connectivity index (χ1v) is 18.9. The lowest BCUT2D eigenvalue weighted by Gasteiger charge is -2.32. The second kappa shape index (κ2) is 14.5. The molecule has 2 aliphatic heterocycles. The van der Waals surface area contributed by atoms with Gasteiger partial charge in [-0.05, 0) is 90.3 Å². The maximum Gasteiger partial charge on any atom is 0.0568 e. The molecule has 0 aromatic heterocycles. The number of anilines is 2. The molecule has 3 aromatic rings. The lowest BCUT2D eigenvalue weighted by molar-refractivity contribution is 0.473. The minimum Gasteiger partial charge on any atom is -0.397 e. The molecule has 3 aliphatic rings. The Kier molecular flexibility index (Phi) is 10.3. The van der Waals surface area contributed by atoms with Crippen LogP contribution in [-0.2, 0) is 10.8 Å². The highest BCUT2D eigenvalue weighted by atomic mass is 79.9. The number of para-hydroxylation sites is 2. The zero-order valence-electron chi connectivity index (χ0n) is 30.2. The lowest BCUT2D eigenvalue weighted by atomic mass is 9.80. The summed E-state index contributed by atoms with van der Waals surface area (Å²) >= 11 is 3.55. The number of hydrogen-bond donors (Lipinski definition) is 2. The van der Waals surface area contributed by atoms with E-state index in [-0.39, 0.29) is 16.9 Å². The second-order valence-electron chi connectivity index (χ2n) is 14.8. The van der Waals surface area contributed by atoms with Crippen molar-refractivity contribution in [3.8, 4) is 0 Å². The fraction of sp³-hybridized carbons (Fsp3) is 0.364. The van der Waals surface area contributed by atoms with Crippen molar-refractivity contribution in [3.05, 3.63) is 147 Å². The van der Waals surface area contributed by atoms with Crippen molar-refractivity contribution in [3.63, 3.8) is 0 Å². The van der Waals surface area contributed by atoms with Crippen molar-refractivity contribution in [2.24, 2.45) is 5.73 Å². The van der Waals surface area contributed by atoms with Gasteiger partial charge >= 0.3 is 0 Å². The van der Waals surface area contributed by atoms with Gasteiger partial charge in [-0.1, -0.05) is 124 Å². The van der Waals surface area contributed by atoms with Crippen LogP contribution in [0.25, 0.3) is 5.70 Å². The number of fused-ring (bicyclic) bond motifs is 2. The number of hydrogen-bond acceptors (Lipinski definition) is 4. The third-order valence-electron chi connectivity index (χ3n) is 10.7. The molecule has 3 N–H and O–H groups in total. The van der Waals surface area contributed by atoms with Gasteiger partial charge in [0.15, 0.2) is 0 Å². The topological polar surface area (TPSA) is 44.5 Å². The van der Waals surface area contributed by atoms with Crippen LogP contribution in [0.4, 0.5) is 11.4 Å². The van der Waals surface area contributed by atoms with Crippen LogP contribution in [0.15, 0.2) is 130 Å². The van der Waals surface area contributed by atoms with Gasteiger partial charge in [0.05, 0.1) is 11.7 Å². The first-order valence-electron chi connectivity index (χ1n) is 18.1. The van der Waals surface area contributed by atoms with Gasteiger partial charge in [-0.15, -0.1) is 0 Å². The van der Waals surface area contributed by atoms with E-state index in [9.17, 15) is 0 Å². The van der Waals surface area contributed by atoms with E-state index in [2.05, 4.69) is 158 Å². The summed E-state index contributed by atoms with van der Waals surface area (Å²) in [6.07, 6.45) is 17.0. The van der Waals surface area contributed by atoms with Crippen LogP contribution in [0.5, 0.6) is 0 Å². The average Bonchev–Trinajstić information content (AvgIpc) is 3.44. The van der Waals surface area contributed by atoms with Crippen LogP contribution in [0.3, 0.4) is 0 Å². The van der Waals surface area contributed by atoms with Gasteiger partial charge in [-0.25, -0.2) is 0 Å². The van der Waals surface area contributed by atoms with Crippen molar-refractivity contribution in [1.29, 1.82) is 0 Å². The average molecular weight is 718 g/mol. The summed E-state index contributed by atoms with van der Waals surface area (Å²) < 4.78 is 1.04. The molecule has 0 saturated heterocycles. The predicted octanol–water partition coefficient (Wildman–Crippen LogP) is 10.9. The van der Waals surface area contributed by atoms with Crippen molar-refractivity contribution in [2.75, 3.05) is 22.9 Å². The number of rotatable bonds is 10. The molecule has 0 bridgehead atoms. The van der Waals surface area contributed by atoms with Crippen LogP contribution in [-0.4, -0.2) is 19.1 Å². The molecule has 0 amide bonds. The highest BCUT2D eigenvalue weighted by Crippen LogP contribution is 2.48. The smallest absolute Gasteiger partial charge is 0.0568 e. The monoisotopic (exact) mass is 716 g/mol. The SMILES string of the molecule is CCCN1/C(=C/C=C2\CCCC(/C=C/C3N(CCC)c4ccccc4C3(C)C)=C2N/C=C(\N)c2ccc(Br)cc2)C(C)(C)c2ccccc21. The normalized spacial score (nSPS) is 21.6. The molecule has 1 atom stereocenters. The van der Waals surface area contributed by atoms with Crippen molar-refractivity contribution < 1.29 is 0 Å². The molecule has 3 aromatic carbocycles. The Morgan fingerprint density at radius 1 is 0.857 bits per heavy atom. The zero-order valence-corrected chi connectivity index (χ0v) is 31.8. The Morgan fingerprint density at radius 3 is 2.24 bits per heavy atom. The molecular weight excluding hydrogens is 664 g/mol. The van der Waals surface area contributed by atoms with E-state index in [1.54, 1.807) is 0 Å². The van der Waals surface area contributed by atoms with Crippen LogP contribution >= 0.6 is 15.9 Å². The minimum absolute atomic E-state index is 0.00583. The predicted molar refractivity (Wildman–Crippen MR) is 214 cm³/mol.